The van der Waals surface area contributed by atoms with Gasteiger partial charge in [0.1, 0.15) is 5.82 Å². The molecule has 1 aromatic heterocycles. The summed E-state index contributed by atoms with van der Waals surface area (Å²) in [5, 5.41) is 0. The van der Waals surface area contributed by atoms with Crippen molar-refractivity contribution in [2.45, 2.75) is 27.7 Å². The number of nitrogens with zero attached hydrogens (tertiary/aromatic N) is 2. The van der Waals surface area contributed by atoms with Crippen molar-refractivity contribution in [2.24, 2.45) is 0 Å². The van der Waals surface area contributed by atoms with E-state index in [0.717, 1.165) is 24.5 Å². The van der Waals surface area contributed by atoms with Crippen LogP contribution >= 0.6 is 0 Å². The van der Waals surface area contributed by atoms with E-state index in [4.69, 9.17) is 4.74 Å². The van der Waals surface area contributed by atoms with Gasteiger partial charge in [-0.05, 0) is 76.2 Å². The highest BCUT2D eigenvalue weighted by atomic mass is 19.1. The molecule has 0 aliphatic heterocycles. The predicted molar refractivity (Wildman–Crippen MR) is 120 cm³/mol. The lowest BCUT2D eigenvalue weighted by molar-refractivity contribution is 0.0474. The normalized spacial score (nSPS) is 10.7. The molecule has 0 saturated heterocycles. The third kappa shape index (κ3) is 4.85. The fourth-order valence-corrected chi connectivity index (χ4v) is 3.75. The van der Waals surface area contributed by atoms with E-state index in [-0.39, 0.29) is 18.2 Å². The number of ether oxygens (including phenoxy) is 1. The van der Waals surface area contributed by atoms with Crippen LogP contribution in [0.5, 0.6) is 0 Å². The lowest BCUT2D eigenvalue weighted by Gasteiger charge is -2.20. The molecule has 162 valence electrons. The molecule has 0 atom stereocenters. The summed E-state index contributed by atoms with van der Waals surface area (Å²) >= 11 is 0. The number of carbonyl (C=O) groups is 2. The molecule has 0 unspecified atom stereocenters. The average Bonchev–Trinajstić information content (AvgIpc) is 3.07. The first-order valence-electron chi connectivity index (χ1n) is 10.4. The summed E-state index contributed by atoms with van der Waals surface area (Å²) in [6.07, 6.45) is 0. The summed E-state index contributed by atoms with van der Waals surface area (Å²) in [6, 6.07) is 15.1. The van der Waals surface area contributed by atoms with Crippen molar-refractivity contribution in [2.75, 3.05) is 24.6 Å². The number of benzene rings is 2. The van der Waals surface area contributed by atoms with Crippen molar-refractivity contribution in [1.82, 2.24) is 4.57 Å². The Kier molecular flexibility index (Phi) is 6.90. The first-order chi connectivity index (χ1) is 14.8. The maximum absolute atomic E-state index is 13.6. The molecule has 0 aliphatic rings. The molecule has 0 N–H and O–H groups in total. The number of hydrogen-bond acceptors (Lipinski definition) is 4. The Labute approximate surface area is 182 Å². The van der Waals surface area contributed by atoms with Gasteiger partial charge in [-0.25, -0.2) is 9.18 Å². The van der Waals surface area contributed by atoms with Crippen molar-refractivity contribution in [3.05, 3.63) is 82.9 Å². The lowest BCUT2D eigenvalue weighted by Crippen LogP contribution is -2.21. The first kappa shape index (κ1) is 22.3. The zero-order valence-corrected chi connectivity index (χ0v) is 18.3. The van der Waals surface area contributed by atoms with Crippen LogP contribution in [0.25, 0.3) is 5.69 Å². The number of hydrogen-bond donors (Lipinski definition) is 0. The Balaban J connectivity index is 1.70. The number of esters is 1. The Morgan fingerprint density at radius 2 is 1.68 bits per heavy atom. The second-order valence-corrected chi connectivity index (χ2v) is 7.32. The summed E-state index contributed by atoms with van der Waals surface area (Å²) in [7, 11) is 0. The minimum atomic E-state index is -0.543. The van der Waals surface area contributed by atoms with E-state index in [9.17, 15) is 14.0 Å². The molecule has 3 aromatic rings. The Hall–Kier alpha value is -3.41. The SMILES string of the molecule is CCN(CC)c1ccc(C(=O)OCC(=O)c2cc(C)n(-c3cccc(F)c3)c2C)cc1. The van der Waals surface area contributed by atoms with Gasteiger partial charge in [0.25, 0.3) is 0 Å². The van der Waals surface area contributed by atoms with E-state index in [1.165, 1.54) is 12.1 Å². The van der Waals surface area contributed by atoms with Gasteiger partial charge in [-0.3, -0.25) is 4.79 Å². The van der Waals surface area contributed by atoms with Crippen LogP contribution in [0.1, 0.15) is 46.0 Å². The van der Waals surface area contributed by atoms with Gasteiger partial charge in [0.15, 0.2) is 6.61 Å². The number of halogens is 1. The standard InChI is InChI=1S/C25H27FN2O3/c1-5-27(6-2)21-12-10-19(11-13-21)25(30)31-16-24(29)23-14-17(3)28(18(23)4)22-9-7-8-20(26)15-22/h7-15H,5-6,16H2,1-4H3. The highest BCUT2D eigenvalue weighted by Gasteiger charge is 2.19. The Morgan fingerprint density at radius 1 is 1.00 bits per heavy atom. The second-order valence-electron chi connectivity index (χ2n) is 7.32. The molecule has 1 heterocycles. The number of aryl methyl sites for hydroxylation is 1. The zero-order valence-electron chi connectivity index (χ0n) is 18.3. The number of anilines is 1. The van der Waals surface area contributed by atoms with Gasteiger partial charge in [-0.1, -0.05) is 6.07 Å². The molecule has 5 nitrogen and oxygen atoms in total. The zero-order chi connectivity index (χ0) is 22.5. The maximum atomic E-state index is 13.6. The van der Waals surface area contributed by atoms with Crippen LogP contribution in [0.15, 0.2) is 54.6 Å². The minimum Gasteiger partial charge on any atom is -0.454 e. The monoisotopic (exact) mass is 422 g/mol. The predicted octanol–water partition coefficient (Wildman–Crippen LogP) is 5.12. The summed E-state index contributed by atoms with van der Waals surface area (Å²) in [5.74, 6) is -1.19. The third-order valence-electron chi connectivity index (χ3n) is 5.36. The molecule has 0 fully saturated rings. The molecule has 0 bridgehead atoms. The fourth-order valence-electron chi connectivity index (χ4n) is 3.75. The number of ketones is 1. The van der Waals surface area contributed by atoms with Gasteiger partial charge < -0.3 is 14.2 Å². The molecule has 2 aromatic carbocycles. The van der Waals surface area contributed by atoms with Crippen LogP contribution in [0.3, 0.4) is 0 Å². The summed E-state index contributed by atoms with van der Waals surface area (Å²) in [6.45, 7) is 9.18. The maximum Gasteiger partial charge on any atom is 0.338 e. The van der Waals surface area contributed by atoms with E-state index in [1.807, 2.05) is 23.6 Å². The second kappa shape index (κ2) is 9.60. The van der Waals surface area contributed by atoms with Crippen LogP contribution in [-0.2, 0) is 4.74 Å². The van der Waals surface area contributed by atoms with Gasteiger partial charge in [0.2, 0.25) is 5.78 Å². The first-order valence-corrected chi connectivity index (χ1v) is 10.4. The molecular weight excluding hydrogens is 395 g/mol. The van der Waals surface area contributed by atoms with Crippen molar-refractivity contribution in [3.63, 3.8) is 0 Å². The van der Waals surface area contributed by atoms with Crippen molar-refractivity contribution < 1.29 is 18.7 Å². The number of carbonyl (C=O) groups excluding carboxylic acids is 2. The molecule has 0 radical (unpaired) electrons. The molecule has 0 amide bonds. The molecule has 3 rings (SSSR count). The smallest absolute Gasteiger partial charge is 0.338 e. The minimum absolute atomic E-state index is 0.302. The Bertz CT molecular complexity index is 1080. The van der Waals surface area contributed by atoms with Gasteiger partial charge in [0, 0.05) is 41.4 Å². The largest absolute Gasteiger partial charge is 0.454 e. The van der Waals surface area contributed by atoms with Crippen LogP contribution in [-0.4, -0.2) is 36.0 Å². The van der Waals surface area contributed by atoms with E-state index in [2.05, 4.69) is 18.7 Å². The molecule has 6 heteroatoms. The van der Waals surface area contributed by atoms with Gasteiger partial charge in [0.05, 0.1) is 5.56 Å². The van der Waals surface area contributed by atoms with E-state index < -0.39 is 5.97 Å². The van der Waals surface area contributed by atoms with Gasteiger partial charge in [-0.15, -0.1) is 0 Å². The fraction of sp³-hybridized carbons (Fsp3) is 0.280. The topological polar surface area (TPSA) is 51.5 Å². The number of rotatable bonds is 8. The van der Waals surface area contributed by atoms with E-state index in [0.29, 0.717) is 22.5 Å². The van der Waals surface area contributed by atoms with Crippen LogP contribution in [0, 0.1) is 19.7 Å². The molecule has 0 aliphatic carbocycles. The summed E-state index contributed by atoms with van der Waals surface area (Å²) in [5.41, 5.74) is 3.99. The molecule has 0 saturated carbocycles. The van der Waals surface area contributed by atoms with Crippen molar-refractivity contribution in [3.8, 4) is 5.69 Å². The summed E-state index contributed by atoms with van der Waals surface area (Å²) < 4.78 is 20.7. The van der Waals surface area contributed by atoms with Gasteiger partial charge in [-0.2, -0.15) is 0 Å². The third-order valence-corrected chi connectivity index (χ3v) is 5.36. The highest BCUT2D eigenvalue weighted by molar-refractivity contribution is 6.00. The van der Waals surface area contributed by atoms with E-state index >= 15 is 0 Å². The van der Waals surface area contributed by atoms with Crippen molar-refractivity contribution in [1.29, 1.82) is 0 Å². The number of Topliss-reactive ketones (excluding diaryl/α,β-unsaturated/α-hetero) is 1. The highest BCUT2D eigenvalue weighted by Crippen LogP contribution is 2.22. The average molecular weight is 423 g/mol. The van der Waals surface area contributed by atoms with Gasteiger partial charge >= 0.3 is 5.97 Å². The van der Waals surface area contributed by atoms with Crippen LogP contribution in [0.4, 0.5) is 10.1 Å². The number of aromatic nitrogens is 1. The van der Waals surface area contributed by atoms with E-state index in [1.54, 1.807) is 37.3 Å². The summed E-state index contributed by atoms with van der Waals surface area (Å²) in [4.78, 5) is 27.3. The molecular formula is C25H27FN2O3. The van der Waals surface area contributed by atoms with Crippen LogP contribution in [0.2, 0.25) is 0 Å². The lowest BCUT2D eigenvalue weighted by atomic mass is 10.1. The Morgan fingerprint density at radius 3 is 2.29 bits per heavy atom. The molecule has 31 heavy (non-hydrogen) atoms. The van der Waals surface area contributed by atoms with Crippen molar-refractivity contribution >= 4 is 17.4 Å². The quantitative estimate of drug-likeness (QED) is 0.374. The van der Waals surface area contributed by atoms with Crippen LogP contribution < -0.4 is 4.90 Å². The molecule has 0 spiro atoms.